The van der Waals surface area contributed by atoms with Gasteiger partial charge >= 0.3 is 6.09 Å². The zero-order chi connectivity index (χ0) is 14.8. The molecule has 1 aromatic heterocycles. The number of hydrogen-bond donors (Lipinski definition) is 0. The molecule has 2 aromatic rings. The summed E-state index contributed by atoms with van der Waals surface area (Å²) in [6.45, 7) is 0.313. The summed E-state index contributed by atoms with van der Waals surface area (Å²) in [4.78, 5) is 25.4. The molecule has 1 aromatic carbocycles. The summed E-state index contributed by atoms with van der Waals surface area (Å²) in [5.41, 5.74) is 0.775. The molecule has 0 atom stereocenters. The second-order valence-electron chi connectivity index (χ2n) is 4.28. The van der Waals surface area contributed by atoms with Crippen LogP contribution >= 0.6 is 15.9 Å². The highest BCUT2D eigenvalue weighted by molar-refractivity contribution is 9.10. The number of halogens is 1. The molecule has 0 aliphatic carbocycles. The zero-order valence-electron chi connectivity index (χ0n) is 10.8. The topological polar surface area (TPSA) is 90.2 Å². The van der Waals surface area contributed by atoms with Gasteiger partial charge in [0.25, 0.3) is 5.91 Å². The third-order valence-electron chi connectivity index (χ3n) is 2.91. The molecule has 1 aliphatic heterocycles. The van der Waals surface area contributed by atoms with E-state index in [0.717, 1.165) is 19.7 Å². The second kappa shape index (κ2) is 5.60. The number of carbonyl (C=O) groups is 2. The van der Waals surface area contributed by atoms with Gasteiger partial charge in [0.1, 0.15) is 13.2 Å². The van der Waals surface area contributed by atoms with Crippen molar-refractivity contribution in [2.45, 2.75) is 6.54 Å². The van der Waals surface area contributed by atoms with E-state index in [9.17, 15) is 9.59 Å². The van der Waals surface area contributed by atoms with Gasteiger partial charge in [-0.25, -0.2) is 9.69 Å². The molecule has 1 fully saturated rings. The lowest BCUT2D eigenvalue weighted by Gasteiger charge is -2.08. The number of ether oxygens (including phenoxy) is 1. The van der Waals surface area contributed by atoms with Gasteiger partial charge in [-0.15, -0.1) is 10.2 Å². The van der Waals surface area contributed by atoms with Gasteiger partial charge in [-0.3, -0.25) is 4.79 Å². The van der Waals surface area contributed by atoms with Gasteiger partial charge in [0, 0.05) is 10.0 Å². The van der Waals surface area contributed by atoms with Crippen LogP contribution < -0.4 is 0 Å². The number of tetrazole rings is 1. The second-order valence-corrected chi connectivity index (χ2v) is 5.14. The van der Waals surface area contributed by atoms with E-state index in [0.29, 0.717) is 5.82 Å². The third-order valence-corrected chi connectivity index (χ3v) is 3.60. The molecule has 1 aliphatic rings. The van der Waals surface area contributed by atoms with Crippen LogP contribution in [0.1, 0.15) is 0 Å². The largest absolute Gasteiger partial charge is 0.447 e. The Labute approximate surface area is 127 Å². The van der Waals surface area contributed by atoms with Gasteiger partial charge in [-0.05, 0) is 17.3 Å². The summed E-state index contributed by atoms with van der Waals surface area (Å²) in [5, 5.41) is 11.9. The Morgan fingerprint density at radius 3 is 2.90 bits per heavy atom. The molecule has 108 valence electrons. The molecule has 2 heterocycles. The summed E-state index contributed by atoms with van der Waals surface area (Å²) in [6, 6.07) is 7.43. The van der Waals surface area contributed by atoms with Crippen LogP contribution in [-0.2, 0) is 16.1 Å². The van der Waals surface area contributed by atoms with Crippen LogP contribution in [0.3, 0.4) is 0 Å². The average Bonchev–Trinajstić information content (AvgIpc) is 3.08. The van der Waals surface area contributed by atoms with Crippen molar-refractivity contribution in [2.24, 2.45) is 0 Å². The predicted octanol–water partition coefficient (Wildman–Crippen LogP) is 1.08. The lowest BCUT2D eigenvalue weighted by Crippen LogP contribution is -2.35. The first-order valence-electron chi connectivity index (χ1n) is 6.15. The van der Waals surface area contributed by atoms with Crippen molar-refractivity contribution in [3.8, 4) is 11.4 Å². The first-order chi connectivity index (χ1) is 10.1. The highest BCUT2D eigenvalue weighted by atomic mass is 79.9. The Bertz CT molecular complexity index is 702. The van der Waals surface area contributed by atoms with E-state index in [-0.39, 0.29) is 19.7 Å². The maximum absolute atomic E-state index is 11.9. The lowest BCUT2D eigenvalue weighted by atomic mass is 10.2. The van der Waals surface area contributed by atoms with E-state index >= 15 is 0 Å². The average molecular weight is 352 g/mol. The number of hydrogen-bond acceptors (Lipinski definition) is 6. The van der Waals surface area contributed by atoms with Crippen LogP contribution in [0.5, 0.6) is 0 Å². The molecule has 0 N–H and O–H groups in total. The number of cyclic esters (lactones) is 1. The summed E-state index contributed by atoms with van der Waals surface area (Å²) in [7, 11) is 0. The van der Waals surface area contributed by atoms with Crippen LogP contribution in [-0.4, -0.2) is 50.3 Å². The molecule has 2 amide bonds. The standard InChI is InChI=1S/C12H10BrN5O3/c13-9-4-2-1-3-8(9)11-14-16-18(15-11)7-10(19)17-5-6-21-12(17)20/h1-4H,5-7H2. The van der Waals surface area contributed by atoms with E-state index in [1.807, 2.05) is 24.3 Å². The molecule has 0 bridgehead atoms. The fourth-order valence-electron chi connectivity index (χ4n) is 1.89. The van der Waals surface area contributed by atoms with Gasteiger partial charge < -0.3 is 4.74 Å². The number of rotatable bonds is 3. The number of imide groups is 1. The van der Waals surface area contributed by atoms with Crippen LogP contribution in [0.4, 0.5) is 4.79 Å². The Hall–Kier alpha value is -2.29. The van der Waals surface area contributed by atoms with Crippen molar-refractivity contribution >= 4 is 27.9 Å². The van der Waals surface area contributed by atoms with Crippen LogP contribution in [0.15, 0.2) is 28.7 Å². The predicted molar refractivity (Wildman–Crippen MR) is 74.0 cm³/mol. The minimum absolute atomic E-state index is 0.160. The van der Waals surface area contributed by atoms with Crippen molar-refractivity contribution in [1.29, 1.82) is 0 Å². The smallest absolute Gasteiger partial charge is 0.416 e. The van der Waals surface area contributed by atoms with Gasteiger partial charge in [0.15, 0.2) is 0 Å². The van der Waals surface area contributed by atoms with E-state index in [1.54, 1.807) is 0 Å². The normalized spacial score (nSPS) is 14.3. The SMILES string of the molecule is O=C(Cn1nnc(-c2ccccc2Br)n1)N1CCOC1=O. The highest BCUT2D eigenvalue weighted by Crippen LogP contribution is 2.24. The van der Waals surface area contributed by atoms with E-state index in [4.69, 9.17) is 4.74 Å². The minimum Gasteiger partial charge on any atom is -0.447 e. The van der Waals surface area contributed by atoms with Crippen molar-refractivity contribution in [2.75, 3.05) is 13.2 Å². The zero-order valence-corrected chi connectivity index (χ0v) is 12.4. The fraction of sp³-hybridized carbons (Fsp3) is 0.250. The first-order valence-corrected chi connectivity index (χ1v) is 6.94. The quantitative estimate of drug-likeness (QED) is 0.821. The van der Waals surface area contributed by atoms with Gasteiger partial charge in [-0.2, -0.15) is 4.80 Å². The Morgan fingerprint density at radius 1 is 1.38 bits per heavy atom. The lowest BCUT2D eigenvalue weighted by molar-refractivity contribution is -0.128. The Kier molecular flexibility index (Phi) is 3.65. The van der Waals surface area contributed by atoms with Crippen molar-refractivity contribution in [3.63, 3.8) is 0 Å². The highest BCUT2D eigenvalue weighted by Gasteiger charge is 2.28. The van der Waals surface area contributed by atoms with E-state index in [1.165, 1.54) is 0 Å². The van der Waals surface area contributed by atoms with E-state index in [2.05, 4.69) is 31.3 Å². The molecular weight excluding hydrogens is 342 g/mol. The summed E-state index contributed by atoms with van der Waals surface area (Å²) in [6.07, 6.45) is -0.633. The van der Waals surface area contributed by atoms with E-state index < -0.39 is 12.0 Å². The Balaban J connectivity index is 1.75. The van der Waals surface area contributed by atoms with Crippen molar-refractivity contribution in [3.05, 3.63) is 28.7 Å². The van der Waals surface area contributed by atoms with Gasteiger partial charge in [0.05, 0.1) is 6.54 Å². The van der Waals surface area contributed by atoms with Crippen molar-refractivity contribution < 1.29 is 14.3 Å². The maximum Gasteiger partial charge on any atom is 0.416 e. The minimum atomic E-state index is -0.633. The summed E-state index contributed by atoms with van der Waals surface area (Å²) in [5.74, 6) is -0.0205. The number of benzene rings is 1. The molecule has 1 saturated heterocycles. The third kappa shape index (κ3) is 2.77. The summed E-state index contributed by atoms with van der Waals surface area (Å²) < 4.78 is 5.54. The molecule has 0 saturated carbocycles. The van der Waals surface area contributed by atoms with Crippen LogP contribution in [0.25, 0.3) is 11.4 Å². The summed E-state index contributed by atoms with van der Waals surface area (Å²) >= 11 is 3.40. The molecule has 21 heavy (non-hydrogen) atoms. The van der Waals surface area contributed by atoms with Crippen LogP contribution in [0, 0.1) is 0 Å². The first kappa shape index (κ1) is 13.7. The number of nitrogens with zero attached hydrogens (tertiary/aromatic N) is 5. The number of aromatic nitrogens is 4. The fourth-order valence-corrected chi connectivity index (χ4v) is 2.35. The van der Waals surface area contributed by atoms with Crippen LogP contribution in [0.2, 0.25) is 0 Å². The molecule has 3 rings (SSSR count). The van der Waals surface area contributed by atoms with Gasteiger partial charge in [0.2, 0.25) is 5.82 Å². The molecule has 8 nitrogen and oxygen atoms in total. The molecule has 0 radical (unpaired) electrons. The molecule has 0 spiro atoms. The number of carbonyl (C=O) groups excluding carboxylic acids is 2. The molecule has 9 heteroatoms. The maximum atomic E-state index is 11.9. The molecule has 0 unspecified atom stereocenters. The Morgan fingerprint density at radius 2 is 2.19 bits per heavy atom. The molecular formula is C12H10BrN5O3. The van der Waals surface area contributed by atoms with Gasteiger partial charge in [-0.1, -0.05) is 28.1 Å². The van der Waals surface area contributed by atoms with Crippen molar-refractivity contribution in [1.82, 2.24) is 25.1 Å². The number of amides is 2. The monoisotopic (exact) mass is 351 g/mol.